The van der Waals surface area contributed by atoms with Crippen molar-refractivity contribution < 1.29 is 9.53 Å². The van der Waals surface area contributed by atoms with Gasteiger partial charge in [-0.15, -0.1) is 0 Å². The molecule has 0 unspecified atom stereocenters. The number of fused-ring (bicyclic) bond motifs is 1. The van der Waals surface area contributed by atoms with Crippen LogP contribution in [0.25, 0.3) is 33.2 Å². The Balaban J connectivity index is 1.94. The maximum atomic E-state index is 12.5. The highest BCUT2D eigenvalue weighted by molar-refractivity contribution is 9.10. The van der Waals surface area contributed by atoms with Crippen molar-refractivity contribution in [2.24, 2.45) is 0 Å². The molecule has 0 atom stereocenters. The molecule has 0 aliphatic carbocycles. The monoisotopic (exact) mass is 419 g/mol. The van der Waals surface area contributed by atoms with Crippen molar-refractivity contribution in [1.82, 2.24) is 4.98 Å². The molecule has 27 heavy (non-hydrogen) atoms. The highest BCUT2D eigenvalue weighted by atomic mass is 79.9. The predicted octanol–water partition coefficient (Wildman–Crippen LogP) is 6.44. The Morgan fingerprint density at radius 2 is 1.63 bits per heavy atom. The number of aromatic nitrogens is 1. The molecule has 1 aromatic heterocycles. The summed E-state index contributed by atoms with van der Waals surface area (Å²) >= 11 is 3.48. The summed E-state index contributed by atoms with van der Waals surface area (Å²) in [6.45, 7) is 2.15. The minimum atomic E-state index is -0.335. The van der Waals surface area contributed by atoms with E-state index in [1.54, 1.807) is 0 Å². The third-order valence-electron chi connectivity index (χ3n) is 4.52. The lowest BCUT2D eigenvalue weighted by atomic mass is 9.98. The molecule has 0 aliphatic rings. The van der Waals surface area contributed by atoms with Crippen LogP contribution in [0.15, 0.2) is 77.3 Å². The normalized spacial score (nSPS) is 10.9. The van der Waals surface area contributed by atoms with E-state index in [0.29, 0.717) is 12.3 Å². The van der Waals surface area contributed by atoms with Crippen LogP contribution in [0.3, 0.4) is 0 Å². The van der Waals surface area contributed by atoms with Gasteiger partial charge in [-0.1, -0.05) is 64.5 Å². The van der Waals surface area contributed by atoms with Crippen LogP contribution in [-0.4, -0.2) is 17.6 Å². The fourth-order valence-corrected chi connectivity index (χ4v) is 3.54. The fraction of sp³-hybridized carbons (Fsp3) is 0.0870. The van der Waals surface area contributed by atoms with Gasteiger partial charge in [0.15, 0.2) is 0 Å². The molecule has 0 spiro atoms. The number of ether oxygens (including phenoxy) is 1. The van der Waals surface area contributed by atoms with Gasteiger partial charge in [-0.05, 0) is 47.9 Å². The Bertz CT molecular complexity index is 1100. The summed E-state index contributed by atoms with van der Waals surface area (Å²) in [7, 11) is 0. The first-order valence-corrected chi connectivity index (χ1v) is 9.61. The van der Waals surface area contributed by atoms with Crippen molar-refractivity contribution in [3.63, 3.8) is 0 Å². The Morgan fingerprint density at radius 1 is 0.926 bits per heavy atom. The molecule has 0 radical (unpaired) electrons. The number of hydrogen-bond donors (Lipinski definition) is 1. The molecule has 3 aromatic carbocycles. The van der Waals surface area contributed by atoms with Crippen LogP contribution in [0.4, 0.5) is 0 Å². The van der Waals surface area contributed by atoms with Crippen LogP contribution in [0, 0.1) is 0 Å². The molecule has 4 heteroatoms. The molecule has 0 saturated heterocycles. The number of carbonyl (C=O) groups is 1. The van der Waals surface area contributed by atoms with Crippen molar-refractivity contribution in [3.8, 4) is 22.3 Å². The van der Waals surface area contributed by atoms with Crippen LogP contribution in [0.5, 0.6) is 0 Å². The maximum Gasteiger partial charge on any atom is 0.355 e. The zero-order valence-electron chi connectivity index (χ0n) is 14.8. The quantitative estimate of drug-likeness (QED) is 0.386. The van der Waals surface area contributed by atoms with Gasteiger partial charge >= 0.3 is 5.97 Å². The Morgan fingerprint density at radius 3 is 2.33 bits per heavy atom. The molecule has 0 aliphatic heterocycles. The fourth-order valence-electron chi connectivity index (χ4n) is 3.27. The van der Waals surface area contributed by atoms with Gasteiger partial charge < -0.3 is 9.72 Å². The molecule has 134 valence electrons. The summed E-state index contributed by atoms with van der Waals surface area (Å²) in [5.41, 5.74) is 5.49. The van der Waals surface area contributed by atoms with E-state index in [-0.39, 0.29) is 5.97 Å². The number of rotatable bonds is 4. The number of nitrogens with one attached hydrogen (secondary N) is 1. The first kappa shape index (κ1) is 17.6. The third-order valence-corrected chi connectivity index (χ3v) is 5.05. The van der Waals surface area contributed by atoms with Gasteiger partial charge in [0.1, 0.15) is 5.69 Å². The number of halogens is 1. The van der Waals surface area contributed by atoms with Gasteiger partial charge in [0.05, 0.1) is 6.61 Å². The van der Waals surface area contributed by atoms with Gasteiger partial charge in [-0.2, -0.15) is 0 Å². The second-order valence-electron chi connectivity index (χ2n) is 6.23. The van der Waals surface area contributed by atoms with Crippen molar-refractivity contribution in [2.75, 3.05) is 6.61 Å². The molecule has 4 rings (SSSR count). The van der Waals surface area contributed by atoms with Crippen molar-refractivity contribution in [1.29, 1.82) is 0 Å². The average molecular weight is 420 g/mol. The second-order valence-corrected chi connectivity index (χ2v) is 7.14. The lowest BCUT2D eigenvalue weighted by Crippen LogP contribution is -2.06. The van der Waals surface area contributed by atoms with Gasteiger partial charge in [0, 0.05) is 20.9 Å². The molecular formula is C23H18BrNO2. The van der Waals surface area contributed by atoms with E-state index < -0.39 is 0 Å². The lowest BCUT2D eigenvalue weighted by molar-refractivity contribution is 0.0521. The smallest absolute Gasteiger partial charge is 0.355 e. The van der Waals surface area contributed by atoms with Gasteiger partial charge in [-0.3, -0.25) is 0 Å². The molecule has 0 bridgehead atoms. The zero-order chi connectivity index (χ0) is 18.8. The van der Waals surface area contributed by atoms with Crippen LogP contribution in [0.2, 0.25) is 0 Å². The number of aromatic amines is 1. The second kappa shape index (κ2) is 7.41. The van der Waals surface area contributed by atoms with E-state index in [2.05, 4.69) is 45.2 Å². The van der Waals surface area contributed by atoms with Crippen molar-refractivity contribution in [2.45, 2.75) is 6.92 Å². The standard InChI is InChI=1S/C23H18BrNO2/c1-2-27-23(26)22-21(16-6-4-3-5-7-16)19-14-17(10-13-20(19)25-22)15-8-11-18(24)12-9-15/h3-14,25H,2H2,1H3. The largest absolute Gasteiger partial charge is 0.461 e. The first-order valence-electron chi connectivity index (χ1n) is 8.81. The summed E-state index contributed by atoms with van der Waals surface area (Å²) in [6.07, 6.45) is 0. The number of esters is 1. The molecule has 0 fully saturated rings. The van der Waals surface area contributed by atoms with E-state index >= 15 is 0 Å². The van der Waals surface area contributed by atoms with E-state index in [0.717, 1.165) is 37.6 Å². The maximum absolute atomic E-state index is 12.5. The first-order chi connectivity index (χ1) is 13.2. The zero-order valence-corrected chi connectivity index (χ0v) is 16.4. The molecule has 0 saturated carbocycles. The van der Waals surface area contributed by atoms with Gasteiger partial charge in [0.25, 0.3) is 0 Å². The van der Waals surface area contributed by atoms with E-state index in [9.17, 15) is 4.79 Å². The predicted molar refractivity (Wildman–Crippen MR) is 113 cm³/mol. The highest BCUT2D eigenvalue weighted by Gasteiger charge is 2.20. The topological polar surface area (TPSA) is 42.1 Å². The van der Waals surface area contributed by atoms with Crippen LogP contribution < -0.4 is 0 Å². The number of benzene rings is 3. The van der Waals surface area contributed by atoms with E-state index in [1.807, 2.05) is 55.5 Å². The molecule has 0 amide bonds. The van der Waals surface area contributed by atoms with Crippen molar-refractivity contribution in [3.05, 3.63) is 83.0 Å². The number of hydrogen-bond acceptors (Lipinski definition) is 2. The Labute approximate surface area is 166 Å². The summed E-state index contributed by atoms with van der Waals surface area (Å²) in [6, 6.07) is 24.3. The summed E-state index contributed by atoms with van der Waals surface area (Å²) in [4.78, 5) is 15.8. The highest BCUT2D eigenvalue weighted by Crippen LogP contribution is 2.35. The van der Waals surface area contributed by atoms with Crippen LogP contribution in [-0.2, 0) is 4.74 Å². The Hall–Kier alpha value is -2.85. The molecule has 4 aromatic rings. The minimum absolute atomic E-state index is 0.335. The number of H-pyrrole nitrogens is 1. The molecule has 1 N–H and O–H groups in total. The van der Waals surface area contributed by atoms with Gasteiger partial charge in [0.2, 0.25) is 0 Å². The van der Waals surface area contributed by atoms with E-state index in [1.165, 1.54) is 0 Å². The molecule has 1 heterocycles. The summed E-state index contributed by atoms with van der Waals surface area (Å²) in [5, 5.41) is 1.00. The van der Waals surface area contributed by atoms with E-state index in [4.69, 9.17) is 4.74 Å². The Kier molecular flexibility index (Phi) is 4.82. The third kappa shape index (κ3) is 3.40. The summed E-state index contributed by atoms with van der Waals surface area (Å²) in [5.74, 6) is -0.335. The molecule has 3 nitrogen and oxygen atoms in total. The molecular weight excluding hydrogens is 402 g/mol. The summed E-state index contributed by atoms with van der Waals surface area (Å²) < 4.78 is 6.32. The van der Waals surface area contributed by atoms with Gasteiger partial charge in [-0.25, -0.2) is 4.79 Å². The number of carbonyl (C=O) groups excluding carboxylic acids is 1. The van der Waals surface area contributed by atoms with Crippen molar-refractivity contribution >= 4 is 32.8 Å². The SMILES string of the molecule is CCOC(=O)c1[nH]c2ccc(-c3ccc(Br)cc3)cc2c1-c1ccccc1. The van der Waals surface area contributed by atoms with Crippen LogP contribution >= 0.6 is 15.9 Å². The lowest BCUT2D eigenvalue weighted by Gasteiger charge is -2.06. The van der Waals surface area contributed by atoms with Crippen LogP contribution in [0.1, 0.15) is 17.4 Å². The average Bonchev–Trinajstić information content (AvgIpc) is 3.08. The minimum Gasteiger partial charge on any atom is -0.461 e.